The van der Waals surface area contributed by atoms with Crippen LogP contribution in [-0.2, 0) is 4.79 Å². The van der Waals surface area contributed by atoms with E-state index in [2.05, 4.69) is 4.98 Å². The largest absolute Gasteiger partial charge is 0.493 e. The summed E-state index contributed by atoms with van der Waals surface area (Å²) in [4.78, 5) is 15.8. The second-order valence-electron chi connectivity index (χ2n) is 5.89. The van der Waals surface area contributed by atoms with E-state index in [4.69, 9.17) is 14.6 Å². The van der Waals surface area contributed by atoms with Gasteiger partial charge in [0.15, 0.2) is 11.5 Å². The number of hydrogen-bond donors (Lipinski definition) is 1. The molecule has 0 saturated heterocycles. The fourth-order valence-electron chi connectivity index (χ4n) is 2.74. The number of para-hydroxylation sites is 1. The lowest BCUT2D eigenvalue weighted by atomic mass is 10.1. The summed E-state index contributed by atoms with van der Waals surface area (Å²) in [6, 6.07) is 13.6. The molecule has 0 aliphatic rings. The number of aromatic nitrogens is 1. The lowest BCUT2D eigenvalue weighted by Gasteiger charge is -2.10. The van der Waals surface area contributed by atoms with E-state index in [1.165, 1.54) is 0 Å². The van der Waals surface area contributed by atoms with Crippen molar-refractivity contribution in [3.63, 3.8) is 0 Å². The van der Waals surface area contributed by atoms with Crippen molar-refractivity contribution in [2.45, 2.75) is 19.8 Å². The van der Waals surface area contributed by atoms with Gasteiger partial charge in [-0.25, -0.2) is 4.98 Å². The number of aliphatic carboxylic acids is 1. The van der Waals surface area contributed by atoms with E-state index in [1.54, 1.807) is 18.4 Å². The van der Waals surface area contributed by atoms with Crippen LogP contribution in [0.4, 0.5) is 0 Å². The first-order valence-electron chi connectivity index (χ1n) is 8.70. The average Bonchev–Trinajstić information content (AvgIpc) is 3.09. The van der Waals surface area contributed by atoms with Gasteiger partial charge in [0.25, 0.3) is 0 Å². The van der Waals surface area contributed by atoms with Crippen LogP contribution in [0, 0.1) is 0 Å². The van der Waals surface area contributed by atoms with Crippen molar-refractivity contribution in [3.8, 4) is 11.5 Å². The highest BCUT2D eigenvalue weighted by atomic mass is 32.1. The molecule has 5 nitrogen and oxygen atoms in total. The molecule has 0 amide bonds. The maximum atomic E-state index is 11.1. The Bertz CT molecular complexity index is 944. The van der Waals surface area contributed by atoms with E-state index in [0.717, 1.165) is 26.4 Å². The Balaban J connectivity index is 2.01. The summed E-state index contributed by atoms with van der Waals surface area (Å²) < 4.78 is 12.1. The molecule has 0 saturated carbocycles. The minimum atomic E-state index is -0.827. The predicted molar refractivity (Wildman–Crippen MR) is 109 cm³/mol. The molecule has 0 atom stereocenters. The molecule has 6 heteroatoms. The highest BCUT2D eigenvalue weighted by Crippen LogP contribution is 2.33. The minimum absolute atomic E-state index is 0.0518. The van der Waals surface area contributed by atoms with Gasteiger partial charge in [-0.1, -0.05) is 18.2 Å². The zero-order valence-corrected chi connectivity index (χ0v) is 16.1. The maximum absolute atomic E-state index is 11.1. The van der Waals surface area contributed by atoms with Gasteiger partial charge >= 0.3 is 5.97 Å². The summed E-state index contributed by atoms with van der Waals surface area (Å²) in [5.74, 6) is 0.503. The highest BCUT2D eigenvalue weighted by molar-refractivity contribution is 7.19. The van der Waals surface area contributed by atoms with Crippen LogP contribution >= 0.6 is 11.3 Å². The number of carboxylic acids is 1. The van der Waals surface area contributed by atoms with Crippen molar-refractivity contribution >= 4 is 39.2 Å². The molecule has 140 valence electrons. The van der Waals surface area contributed by atoms with Crippen LogP contribution in [0.1, 0.15) is 30.3 Å². The zero-order valence-electron chi connectivity index (χ0n) is 15.3. The molecule has 27 heavy (non-hydrogen) atoms. The monoisotopic (exact) mass is 383 g/mol. The summed E-state index contributed by atoms with van der Waals surface area (Å²) in [7, 11) is 1.60. The van der Waals surface area contributed by atoms with Crippen molar-refractivity contribution in [1.29, 1.82) is 0 Å². The smallest absolute Gasteiger partial charge is 0.303 e. The molecule has 1 heterocycles. The van der Waals surface area contributed by atoms with Crippen LogP contribution in [0.15, 0.2) is 42.5 Å². The molecule has 3 rings (SSSR count). The Hall–Kier alpha value is -2.86. The Morgan fingerprint density at radius 2 is 2.00 bits per heavy atom. The average molecular weight is 383 g/mol. The van der Waals surface area contributed by atoms with Gasteiger partial charge in [-0.3, -0.25) is 4.79 Å². The van der Waals surface area contributed by atoms with Gasteiger partial charge < -0.3 is 14.6 Å². The molecule has 3 aromatic rings. The number of carbonyl (C=O) groups is 1. The number of hydrogen-bond acceptors (Lipinski definition) is 5. The molecular formula is C21H21NO4S. The summed E-state index contributed by atoms with van der Waals surface area (Å²) in [5.41, 5.74) is 2.73. The number of thiazole rings is 1. The topological polar surface area (TPSA) is 68.7 Å². The highest BCUT2D eigenvalue weighted by Gasteiger charge is 2.12. The molecule has 0 unspecified atom stereocenters. The van der Waals surface area contributed by atoms with Crippen LogP contribution in [0.5, 0.6) is 11.5 Å². The number of fused-ring (bicyclic) bond motifs is 1. The van der Waals surface area contributed by atoms with Crippen molar-refractivity contribution in [1.82, 2.24) is 4.98 Å². The van der Waals surface area contributed by atoms with Crippen LogP contribution in [0.3, 0.4) is 0 Å². The van der Waals surface area contributed by atoms with E-state index in [1.807, 2.05) is 55.5 Å². The Morgan fingerprint density at radius 1 is 1.19 bits per heavy atom. The third-order valence-corrected chi connectivity index (χ3v) is 5.12. The molecule has 0 spiro atoms. The number of benzene rings is 2. The molecule has 0 fully saturated rings. The molecule has 1 N–H and O–H groups in total. The fraction of sp³-hybridized carbons (Fsp3) is 0.238. The summed E-state index contributed by atoms with van der Waals surface area (Å²) in [6.07, 6.45) is 2.43. The SMILES string of the molecule is CCOc1cc(/C=C(\CCC(=O)O)c2nc3ccccc3s2)ccc1OC. The lowest BCUT2D eigenvalue weighted by molar-refractivity contribution is -0.136. The van der Waals surface area contributed by atoms with Gasteiger partial charge in [0.1, 0.15) is 5.01 Å². The number of rotatable bonds is 8. The van der Waals surface area contributed by atoms with Crippen molar-refractivity contribution in [2.24, 2.45) is 0 Å². The fourth-order valence-corrected chi connectivity index (χ4v) is 3.75. The predicted octanol–water partition coefficient (Wildman–Crippen LogP) is 5.11. The van der Waals surface area contributed by atoms with Gasteiger partial charge in [0, 0.05) is 6.42 Å². The first-order chi connectivity index (χ1) is 13.1. The van der Waals surface area contributed by atoms with Gasteiger partial charge in [0.05, 0.1) is 23.9 Å². The number of methoxy groups -OCH3 is 1. The minimum Gasteiger partial charge on any atom is -0.493 e. The van der Waals surface area contributed by atoms with E-state index in [0.29, 0.717) is 24.5 Å². The number of allylic oxidation sites excluding steroid dienone is 1. The van der Waals surface area contributed by atoms with Gasteiger partial charge in [-0.15, -0.1) is 11.3 Å². The standard InChI is InChI=1S/C21H21NO4S/c1-3-26-18-13-14(8-10-17(18)25-2)12-15(9-11-20(23)24)21-22-16-6-4-5-7-19(16)27-21/h4-8,10,12-13H,3,9,11H2,1-2H3,(H,23,24)/b15-12+. The molecule has 1 aromatic heterocycles. The second kappa shape index (κ2) is 8.68. The van der Waals surface area contributed by atoms with Gasteiger partial charge in [-0.05, 0) is 54.8 Å². The van der Waals surface area contributed by atoms with E-state index in [-0.39, 0.29) is 6.42 Å². The quantitative estimate of drug-likeness (QED) is 0.585. The third kappa shape index (κ3) is 4.65. The first kappa shape index (κ1) is 18.9. The van der Waals surface area contributed by atoms with Crippen molar-refractivity contribution in [2.75, 3.05) is 13.7 Å². The van der Waals surface area contributed by atoms with Crippen LogP contribution in [-0.4, -0.2) is 29.8 Å². The van der Waals surface area contributed by atoms with E-state index >= 15 is 0 Å². The number of carboxylic acid groups (broad SMARTS) is 1. The first-order valence-corrected chi connectivity index (χ1v) is 9.51. The molecule has 2 aromatic carbocycles. The number of nitrogens with zero attached hydrogens (tertiary/aromatic N) is 1. The molecule has 0 bridgehead atoms. The van der Waals surface area contributed by atoms with Crippen LogP contribution in [0.2, 0.25) is 0 Å². The summed E-state index contributed by atoms with van der Waals surface area (Å²) >= 11 is 1.57. The zero-order chi connectivity index (χ0) is 19.2. The molecule has 0 radical (unpaired) electrons. The summed E-state index contributed by atoms with van der Waals surface area (Å²) in [5, 5.41) is 9.96. The van der Waals surface area contributed by atoms with Crippen molar-refractivity contribution < 1.29 is 19.4 Å². The normalized spacial score (nSPS) is 11.6. The maximum Gasteiger partial charge on any atom is 0.303 e. The second-order valence-corrected chi connectivity index (χ2v) is 6.92. The van der Waals surface area contributed by atoms with Gasteiger partial charge in [-0.2, -0.15) is 0 Å². The van der Waals surface area contributed by atoms with Crippen molar-refractivity contribution in [3.05, 3.63) is 53.0 Å². The lowest BCUT2D eigenvalue weighted by Crippen LogP contribution is -1.97. The van der Waals surface area contributed by atoms with Crippen LogP contribution < -0.4 is 9.47 Å². The Morgan fingerprint density at radius 3 is 2.70 bits per heavy atom. The number of ether oxygens (including phenoxy) is 2. The van der Waals surface area contributed by atoms with Crippen LogP contribution in [0.25, 0.3) is 21.9 Å². The third-order valence-electron chi connectivity index (χ3n) is 4.01. The molecule has 0 aliphatic heterocycles. The van der Waals surface area contributed by atoms with E-state index in [9.17, 15) is 4.79 Å². The van der Waals surface area contributed by atoms with Gasteiger partial charge in [0.2, 0.25) is 0 Å². The Kier molecular flexibility index (Phi) is 6.08. The molecular weight excluding hydrogens is 362 g/mol. The summed E-state index contributed by atoms with van der Waals surface area (Å²) in [6.45, 7) is 2.45. The Labute approximate surface area is 161 Å². The molecule has 0 aliphatic carbocycles. The van der Waals surface area contributed by atoms with E-state index < -0.39 is 5.97 Å².